The smallest absolute Gasteiger partial charge is 0.270 e. The van der Waals surface area contributed by atoms with Crippen LogP contribution in [0.1, 0.15) is 19.3 Å². The van der Waals surface area contributed by atoms with Gasteiger partial charge in [-0.05, 0) is 44.1 Å². The summed E-state index contributed by atoms with van der Waals surface area (Å²) < 4.78 is 0. The minimum absolute atomic E-state index is 0.0973. The van der Waals surface area contributed by atoms with E-state index in [0.717, 1.165) is 29.8 Å². The monoisotopic (exact) mass is 300 g/mol. The number of hydrogen-bond acceptors (Lipinski definition) is 5. The van der Waals surface area contributed by atoms with Crippen LogP contribution in [0.15, 0.2) is 30.3 Å². The number of fused-ring (bicyclic) bond motifs is 1. The molecule has 0 bridgehead atoms. The van der Waals surface area contributed by atoms with E-state index in [1.165, 1.54) is 38.4 Å². The summed E-state index contributed by atoms with van der Waals surface area (Å²) in [5.74, 6) is 0.818. The van der Waals surface area contributed by atoms with Crippen LogP contribution in [-0.4, -0.2) is 41.0 Å². The zero-order valence-corrected chi connectivity index (χ0v) is 12.5. The van der Waals surface area contributed by atoms with E-state index in [9.17, 15) is 10.1 Å². The molecule has 1 N–H and O–H groups in total. The van der Waals surface area contributed by atoms with Gasteiger partial charge in [-0.25, -0.2) is 4.98 Å². The number of rotatable bonds is 5. The Kier molecular flexibility index (Phi) is 4.48. The van der Waals surface area contributed by atoms with Gasteiger partial charge in [-0.15, -0.1) is 0 Å². The van der Waals surface area contributed by atoms with Crippen molar-refractivity contribution >= 4 is 22.4 Å². The van der Waals surface area contributed by atoms with Gasteiger partial charge in [0.05, 0.1) is 10.4 Å². The Bertz CT molecular complexity index is 668. The average molecular weight is 300 g/mol. The molecular formula is C16H20N4O2. The van der Waals surface area contributed by atoms with Crippen molar-refractivity contribution in [2.75, 3.05) is 31.5 Å². The predicted octanol–water partition coefficient (Wildman–Crippen LogP) is 3.04. The van der Waals surface area contributed by atoms with Crippen LogP contribution in [0, 0.1) is 10.1 Å². The Morgan fingerprint density at radius 3 is 2.77 bits per heavy atom. The molecule has 116 valence electrons. The standard InChI is InChI=1S/C16H20N4O2/c21-20(22)14-5-6-15-13(12-14)4-7-16(18-15)17-8-11-19-9-2-1-3-10-19/h4-7,12H,1-3,8-11H2,(H,17,18). The SMILES string of the molecule is O=[N+]([O-])c1ccc2nc(NCCN3CCCCC3)ccc2c1. The molecular weight excluding hydrogens is 280 g/mol. The first kappa shape index (κ1) is 14.7. The van der Waals surface area contributed by atoms with Crippen LogP contribution in [0.25, 0.3) is 10.9 Å². The Morgan fingerprint density at radius 1 is 1.18 bits per heavy atom. The summed E-state index contributed by atoms with van der Waals surface area (Å²) in [5, 5.41) is 14.9. The molecule has 1 aliphatic rings. The fourth-order valence-corrected chi connectivity index (χ4v) is 2.85. The number of nitro groups is 1. The number of likely N-dealkylation sites (tertiary alicyclic amines) is 1. The molecule has 1 fully saturated rings. The highest BCUT2D eigenvalue weighted by molar-refractivity contribution is 5.82. The van der Waals surface area contributed by atoms with E-state index in [4.69, 9.17) is 0 Å². The summed E-state index contributed by atoms with van der Waals surface area (Å²) in [4.78, 5) is 17.4. The van der Waals surface area contributed by atoms with Crippen LogP contribution in [0.2, 0.25) is 0 Å². The van der Waals surface area contributed by atoms with Gasteiger partial charge in [-0.3, -0.25) is 10.1 Å². The molecule has 1 aliphatic heterocycles. The number of benzene rings is 1. The Hall–Kier alpha value is -2.21. The van der Waals surface area contributed by atoms with Crippen molar-refractivity contribution in [2.45, 2.75) is 19.3 Å². The molecule has 0 amide bonds. The van der Waals surface area contributed by atoms with E-state index in [1.807, 2.05) is 12.1 Å². The van der Waals surface area contributed by atoms with Crippen molar-refractivity contribution < 1.29 is 4.92 Å². The first-order valence-corrected chi connectivity index (χ1v) is 7.74. The number of aromatic nitrogens is 1. The van der Waals surface area contributed by atoms with E-state index in [1.54, 1.807) is 12.1 Å². The maximum absolute atomic E-state index is 10.8. The summed E-state index contributed by atoms with van der Waals surface area (Å²) in [6, 6.07) is 8.50. The van der Waals surface area contributed by atoms with Gasteiger partial charge in [0.15, 0.2) is 0 Å². The molecule has 1 aromatic carbocycles. The molecule has 0 atom stereocenters. The van der Waals surface area contributed by atoms with Gasteiger partial charge in [0.2, 0.25) is 0 Å². The largest absolute Gasteiger partial charge is 0.369 e. The van der Waals surface area contributed by atoms with Crippen LogP contribution >= 0.6 is 0 Å². The van der Waals surface area contributed by atoms with Gasteiger partial charge < -0.3 is 10.2 Å². The predicted molar refractivity (Wildman–Crippen MR) is 87.2 cm³/mol. The zero-order chi connectivity index (χ0) is 15.4. The highest BCUT2D eigenvalue weighted by Crippen LogP contribution is 2.21. The number of nitrogens with zero attached hydrogens (tertiary/aromatic N) is 3. The fraction of sp³-hybridized carbons (Fsp3) is 0.438. The maximum atomic E-state index is 10.8. The topological polar surface area (TPSA) is 71.3 Å². The lowest BCUT2D eigenvalue weighted by Crippen LogP contribution is -2.33. The summed E-state index contributed by atoms with van der Waals surface area (Å²) in [6.45, 7) is 4.28. The fourth-order valence-electron chi connectivity index (χ4n) is 2.85. The Labute approximate surface area is 129 Å². The van der Waals surface area contributed by atoms with Gasteiger partial charge in [0.1, 0.15) is 5.82 Å². The minimum Gasteiger partial charge on any atom is -0.369 e. The first-order chi connectivity index (χ1) is 10.7. The first-order valence-electron chi connectivity index (χ1n) is 7.74. The van der Waals surface area contributed by atoms with E-state index in [0.29, 0.717) is 0 Å². The van der Waals surface area contributed by atoms with Crippen molar-refractivity contribution in [3.63, 3.8) is 0 Å². The van der Waals surface area contributed by atoms with Crippen molar-refractivity contribution in [1.82, 2.24) is 9.88 Å². The normalized spacial score (nSPS) is 15.8. The quantitative estimate of drug-likeness (QED) is 0.679. The number of pyridine rings is 1. The lowest BCUT2D eigenvalue weighted by atomic mass is 10.1. The molecule has 3 rings (SSSR count). The molecule has 0 radical (unpaired) electrons. The number of non-ortho nitro benzene ring substituents is 1. The molecule has 0 spiro atoms. The highest BCUT2D eigenvalue weighted by atomic mass is 16.6. The van der Waals surface area contributed by atoms with Gasteiger partial charge in [-0.2, -0.15) is 0 Å². The number of nitro benzene ring substituents is 1. The molecule has 0 saturated carbocycles. The number of hydrogen-bond donors (Lipinski definition) is 1. The van der Waals surface area contributed by atoms with Gasteiger partial charge in [0, 0.05) is 30.6 Å². The van der Waals surface area contributed by atoms with E-state index in [2.05, 4.69) is 15.2 Å². The second kappa shape index (κ2) is 6.70. The molecule has 0 unspecified atom stereocenters. The zero-order valence-electron chi connectivity index (χ0n) is 12.5. The van der Waals surface area contributed by atoms with Gasteiger partial charge >= 0.3 is 0 Å². The molecule has 2 heterocycles. The molecule has 6 nitrogen and oxygen atoms in total. The van der Waals surface area contributed by atoms with Crippen LogP contribution < -0.4 is 5.32 Å². The molecule has 22 heavy (non-hydrogen) atoms. The molecule has 0 aliphatic carbocycles. The van der Waals surface area contributed by atoms with Crippen LogP contribution in [-0.2, 0) is 0 Å². The Morgan fingerprint density at radius 2 is 2.00 bits per heavy atom. The minimum atomic E-state index is -0.385. The second-order valence-electron chi connectivity index (χ2n) is 5.66. The van der Waals surface area contributed by atoms with E-state index >= 15 is 0 Å². The van der Waals surface area contributed by atoms with E-state index < -0.39 is 0 Å². The molecule has 1 saturated heterocycles. The van der Waals surface area contributed by atoms with Gasteiger partial charge in [0.25, 0.3) is 5.69 Å². The highest BCUT2D eigenvalue weighted by Gasteiger charge is 2.10. The van der Waals surface area contributed by atoms with Crippen LogP contribution in [0.4, 0.5) is 11.5 Å². The van der Waals surface area contributed by atoms with E-state index in [-0.39, 0.29) is 10.6 Å². The second-order valence-corrected chi connectivity index (χ2v) is 5.66. The molecule has 6 heteroatoms. The van der Waals surface area contributed by atoms with Crippen LogP contribution in [0.3, 0.4) is 0 Å². The summed E-state index contributed by atoms with van der Waals surface area (Å²) in [7, 11) is 0. The maximum Gasteiger partial charge on any atom is 0.270 e. The third kappa shape index (κ3) is 3.51. The van der Waals surface area contributed by atoms with Crippen molar-refractivity contribution in [2.24, 2.45) is 0 Å². The summed E-state index contributed by atoms with van der Waals surface area (Å²) in [6.07, 6.45) is 3.95. The number of nitrogens with one attached hydrogen (secondary N) is 1. The van der Waals surface area contributed by atoms with Crippen LogP contribution in [0.5, 0.6) is 0 Å². The number of anilines is 1. The average Bonchev–Trinajstić information content (AvgIpc) is 2.55. The van der Waals surface area contributed by atoms with Crippen molar-refractivity contribution in [3.8, 4) is 0 Å². The van der Waals surface area contributed by atoms with Crippen molar-refractivity contribution in [1.29, 1.82) is 0 Å². The number of piperidine rings is 1. The van der Waals surface area contributed by atoms with Crippen molar-refractivity contribution in [3.05, 3.63) is 40.4 Å². The summed E-state index contributed by atoms with van der Waals surface area (Å²) >= 11 is 0. The van der Waals surface area contributed by atoms with Gasteiger partial charge in [-0.1, -0.05) is 6.42 Å². The molecule has 2 aromatic rings. The third-order valence-electron chi connectivity index (χ3n) is 4.07. The lowest BCUT2D eigenvalue weighted by molar-refractivity contribution is -0.384. The summed E-state index contributed by atoms with van der Waals surface area (Å²) in [5.41, 5.74) is 0.869. The lowest BCUT2D eigenvalue weighted by Gasteiger charge is -2.26. The Balaban J connectivity index is 1.62. The third-order valence-corrected chi connectivity index (χ3v) is 4.07. The molecule has 1 aromatic heterocycles.